The lowest BCUT2D eigenvalue weighted by Gasteiger charge is -2.17. The lowest BCUT2D eigenvalue weighted by molar-refractivity contribution is 0.165. The molecule has 17 heavy (non-hydrogen) atoms. The van der Waals surface area contributed by atoms with Crippen LogP contribution >= 0.6 is 0 Å². The van der Waals surface area contributed by atoms with Crippen molar-refractivity contribution in [2.45, 2.75) is 38.8 Å². The Morgan fingerprint density at radius 3 is 2.71 bits per heavy atom. The second-order valence-electron chi connectivity index (χ2n) is 4.28. The Balaban J connectivity index is 2.57. The van der Waals surface area contributed by atoms with Crippen LogP contribution in [0.15, 0.2) is 18.2 Å². The van der Waals surface area contributed by atoms with Crippen LogP contribution in [0.5, 0.6) is 0 Å². The van der Waals surface area contributed by atoms with Crippen LogP contribution in [0.4, 0.5) is 8.78 Å². The van der Waals surface area contributed by atoms with E-state index in [1.165, 1.54) is 0 Å². The van der Waals surface area contributed by atoms with Crippen molar-refractivity contribution < 1.29 is 13.9 Å². The summed E-state index contributed by atoms with van der Waals surface area (Å²) in [5.41, 5.74) is 0.00111. The van der Waals surface area contributed by atoms with Crippen molar-refractivity contribution in [1.82, 2.24) is 5.32 Å². The van der Waals surface area contributed by atoms with Crippen molar-refractivity contribution in [3.05, 3.63) is 35.4 Å². The minimum Gasteiger partial charge on any atom is -0.387 e. The molecule has 0 heterocycles. The fraction of sp³-hybridized carbons (Fsp3) is 0.538. The Bertz CT molecular complexity index is 357. The first-order valence-electron chi connectivity index (χ1n) is 5.91. The molecule has 0 aliphatic carbocycles. The van der Waals surface area contributed by atoms with Crippen LogP contribution < -0.4 is 5.32 Å². The molecular formula is C13H19F2NO. The SMILES string of the molecule is CCCC(C)NCC(O)c1cc(F)ccc1F. The van der Waals surface area contributed by atoms with Gasteiger partial charge in [0.15, 0.2) is 0 Å². The van der Waals surface area contributed by atoms with Gasteiger partial charge in [-0.05, 0) is 31.5 Å². The molecule has 0 fully saturated rings. The number of rotatable bonds is 6. The Labute approximate surface area is 101 Å². The van der Waals surface area contributed by atoms with E-state index in [1.807, 2.05) is 6.92 Å². The van der Waals surface area contributed by atoms with Gasteiger partial charge in [0.05, 0.1) is 6.10 Å². The van der Waals surface area contributed by atoms with E-state index in [1.54, 1.807) is 0 Å². The van der Waals surface area contributed by atoms with Gasteiger partial charge in [0.2, 0.25) is 0 Å². The standard InChI is InChI=1S/C13H19F2NO/c1-3-4-9(2)16-8-13(17)11-7-10(14)5-6-12(11)15/h5-7,9,13,16-17H,3-4,8H2,1-2H3. The molecule has 2 unspecified atom stereocenters. The molecule has 0 aromatic heterocycles. The van der Waals surface area contributed by atoms with Gasteiger partial charge in [-0.25, -0.2) is 8.78 Å². The van der Waals surface area contributed by atoms with Crippen molar-refractivity contribution in [2.75, 3.05) is 6.54 Å². The van der Waals surface area contributed by atoms with Crippen LogP contribution in [0.2, 0.25) is 0 Å². The average molecular weight is 243 g/mol. The molecule has 0 aliphatic heterocycles. The summed E-state index contributed by atoms with van der Waals surface area (Å²) in [7, 11) is 0. The highest BCUT2D eigenvalue weighted by Crippen LogP contribution is 2.17. The Morgan fingerprint density at radius 1 is 1.35 bits per heavy atom. The van der Waals surface area contributed by atoms with Crippen LogP contribution in [0.25, 0.3) is 0 Å². The fourth-order valence-corrected chi connectivity index (χ4v) is 1.73. The molecule has 1 rings (SSSR count). The minimum absolute atomic E-state index is 0.00111. The van der Waals surface area contributed by atoms with Gasteiger partial charge in [-0.2, -0.15) is 0 Å². The quantitative estimate of drug-likeness (QED) is 0.805. The third-order valence-electron chi connectivity index (χ3n) is 2.70. The van der Waals surface area contributed by atoms with Gasteiger partial charge in [0.1, 0.15) is 11.6 Å². The highest BCUT2D eigenvalue weighted by Gasteiger charge is 2.14. The van der Waals surface area contributed by atoms with Crippen LogP contribution in [0, 0.1) is 11.6 Å². The average Bonchev–Trinajstić information content (AvgIpc) is 2.29. The molecule has 0 saturated carbocycles. The molecule has 1 aromatic rings. The first kappa shape index (κ1) is 14.1. The zero-order valence-electron chi connectivity index (χ0n) is 10.2. The van der Waals surface area contributed by atoms with E-state index in [0.29, 0.717) is 0 Å². The second kappa shape index (κ2) is 6.67. The summed E-state index contributed by atoms with van der Waals surface area (Å²) in [5, 5.41) is 12.9. The van der Waals surface area contributed by atoms with Gasteiger partial charge in [-0.15, -0.1) is 0 Å². The van der Waals surface area contributed by atoms with Gasteiger partial charge in [0.25, 0.3) is 0 Å². The monoisotopic (exact) mass is 243 g/mol. The third kappa shape index (κ3) is 4.40. The summed E-state index contributed by atoms with van der Waals surface area (Å²) in [6.45, 7) is 4.29. The number of halogens is 2. The lowest BCUT2D eigenvalue weighted by Crippen LogP contribution is -2.30. The van der Waals surface area contributed by atoms with Crippen LogP contribution in [0.1, 0.15) is 38.4 Å². The molecule has 4 heteroatoms. The summed E-state index contributed by atoms with van der Waals surface area (Å²) in [4.78, 5) is 0. The second-order valence-corrected chi connectivity index (χ2v) is 4.28. The van der Waals surface area contributed by atoms with E-state index in [4.69, 9.17) is 0 Å². The third-order valence-corrected chi connectivity index (χ3v) is 2.70. The Hall–Kier alpha value is -1.00. The van der Waals surface area contributed by atoms with Crippen molar-refractivity contribution in [1.29, 1.82) is 0 Å². The van der Waals surface area contributed by atoms with Crippen LogP contribution in [-0.4, -0.2) is 17.7 Å². The summed E-state index contributed by atoms with van der Waals surface area (Å²) in [6.07, 6.45) is 1.00. The molecule has 1 aromatic carbocycles. The summed E-state index contributed by atoms with van der Waals surface area (Å²) in [5.74, 6) is -1.12. The number of hydrogen-bond acceptors (Lipinski definition) is 2. The predicted octanol–water partition coefficient (Wildman–Crippen LogP) is 2.78. The van der Waals surface area contributed by atoms with Crippen LogP contribution in [0.3, 0.4) is 0 Å². The Morgan fingerprint density at radius 2 is 2.06 bits per heavy atom. The van der Waals surface area contributed by atoms with Crippen molar-refractivity contribution in [3.63, 3.8) is 0 Å². The van der Waals surface area contributed by atoms with E-state index in [9.17, 15) is 13.9 Å². The van der Waals surface area contributed by atoms with E-state index >= 15 is 0 Å². The lowest BCUT2D eigenvalue weighted by atomic mass is 10.1. The molecule has 0 amide bonds. The number of nitrogens with one attached hydrogen (secondary N) is 1. The molecule has 0 bridgehead atoms. The topological polar surface area (TPSA) is 32.3 Å². The number of aliphatic hydroxyl groups excluding tert-OH is 1. The van der Waals surface area contributed by atoms with Gasteiger partial charge < -0.3 is 10.4 Å². The molecular weight excluding hydrogens is 224 g/mol. The van der Waals surface area contributed by atoms with E-state index < -0.39 is 17.7 Å². The highest BCUT2D eigenvalue weighted by molar-refractivity contribution is 5.21. The minimum atomic E-state index is -1.02. The van der Waals surface area contributed by atoms with Gasteiger partial charge in [0, 0.05) is 18.2 Å². The summed E-state index contributed by atoms with van der Waals surface area (Å²) in [6, 6.07) is 3.36. The number of benzene rings is 1. The largest absolute Gasteiger partial charge is 0.387 e. The van der Waals surface area contributed by atoms with Crippen molar-refractivity contribution >= 4 is 0 Å². The summed E-state index contributed by atoms with van der Waals surface area (Å²) < 4.78 is 26.3. The number of hydrogen-bond donors (Lipinski definition) is 2. The molecule has 0 spiro atoms. The molecule has 2 N–H and O–H groups in total. The molecule has 2 atom stereocenters. The zero-order valence-corrected chi connectivity index (χ0v) is 10.2. The van der Waals surface area contributed by atoms with E-state index in [-0.39, 0.29) is 18.2 Å². The Kier molecular flexibility index (Phi) is 5.51. The van der Waals surface area contributed by atoms with Gasteiger partial charge in [-0.3, -0.25) is 0 Å². The van der Waals surface area contributed by atoms with Crippen molar-refractivity contribution in [3.8, 4) is 0 Å². The molecule has 0 saturated heterocycles. The van der Waals surface area contributed by atoms with Crippen LogP contribution in [-0.2, 0) is 0 Å². The maximum absolute atomic E-state index is 13.3. The maximum Gasteiger partial charge on any atom is 0.129 e. The van der Waals surface area contributed by atoms with E-state index in [2.05, 4.69) is 12.2 Å². The molecule has 0 radical (unpaired) electrons. The van der Waals surface area contributed by atoms with Gasteiger partial charge >= 0.3 is 0 Å². The first-order chi connectivity index (χ1) is 8.04. The van der Waals surface area contributed by atoms with Gasteiger partial charge in [-0.1, -0.05) is 13.3 Å². The number of aliphatic hydroxyl groups is 1. The highest BCUT2D eigenvalue weighted by atomic mass is 19.1. The fourth-order valence-electron chi connectivity index (χ4n) is 1.73. The predicted molar refractivity (Wildman–Crippen MR) is 63.7 cm³/mol. The summed E-state index contributed by atoms with van der Waals surface area (Å²) >= 11 is 0. The smallest absolute Gasteiger partial charge is 0.129 e. The maximum atomic E-state index is 13.3. The zero-order chi connectivity index (χ0) is 12.8. The van der Waals surface area contributed by atoms with E-state index in [0.717, 1.165) is 31.0 Å². The molecule has 96 valence electrons. The molecule has 0 aliphatic rings. The van der Waals surface area contributed by atoms with Crippen molar-refractivity contribution in [2.24, 2.45) is 0 Å². The first-order valence-corrected chi connectivity index (χ1v) is 5.91. The molecule has 2 nitrogen and oxygen atoms in total. The normalized spacial score (nSPS) is 14.6.